The van der Waals surface area contributed by atoms with E-state index in [2.05, 4.69) is 27.8 Å². The Morgan fingerprint density at radius 1 is 1.09 bits per heavy atom. The van der Waals surface area contributed by atoms with Crippen LogP contribution >= 0.6 is 0 Å². The van der Waals surface area contributed by atoms with E-state index in [0.717, 1.165) is 5.56 Å². The Bertz CT molecular complexity index is 1250. The number of amides is 2. The second kappa shape index (κ2) is 9.58. The summed E-state index contributed by atoms with van der Waals surface area (Å²) in [5, 5.41) is 11.3. The first-order chi connectivity index (χ1) is 16.9. The summed E-state index contributed by atoms with van der Waals surface area (Å²) in [4.78, 5) is 27.6. The number of rotatable bonds is 4. The molecule has 3 heterocycles. The Balaban J connectivity index is 1.18. The molecular formula is C26H28FN5O3. The highest BCUT2D eigenvalue weighted by molar-refractivity contribution is 5.94. The summed E-state index contributed by atoms with van der Waals surface area (Å²) >= 11 is 0. The van der Waals surface area contributed by atoms with Gasteiger partial charge in [-0.1, -0.05) is 35.0 Å². The van der Waals surface area contributed by atoms with E-state index in [0.29, 0.717) is 55.1 Å². The van der Waals surface area contributed by atoms with Gasteiger partial charge in [0.15, 0.2) is 5.69 Å². The first-order valence-corrected chi connectivity index (χ1v) is 11.9. The Hall–Kier alpha value is -3.59. The molecule has 35 heavy (non-hydrogen) atoms. The fourth-order valence-corrected chi connectivity index (χ4v) is 4.62. The monoisotopic (exact) mass is 477 g/mol. The van der Waals surface area contributed by atoms with Crippen LogP contribution < -0.4 is 5.32 Å². The highest BCUT2D eigenvalue weighted by Gasteiger charge is 2.33. The predicted molar refractivity (Wildman–Crippen MR) is 127 cm³/mol. The molecule has 2 amide bonds. The van der Waals surface area contributed by atoms with E-state index in [1.807, 2.05) is 19.1 Å². The highest BCUT2D eigenvalue weighted by atomic mass is 19.1. The van der Waals surface area contributed by atoms with Crippen LogP contribution in [0.4, 0.5) is 10.1 Å². The summed E-state index contributed by atoms with van der Waals surface area (Å²) in [6.07, 6.45) is 0.965. The van der Waals surface area contributed by atoms with Gasteiger partial charge in [0.25, 0.3) is 5.91 Å². The van der Waals surface area contributed by atoms with Gasteiger partial charge in [0.2, 0.25) is 5.91 Å². The number of nitrogens with one attached hydrogen (secondary N) is 1. The number of halogens is 1. The van der Waals surface area contributed by atoms with Crippen molar-refractivity contribution in [1.29, 1.82) is 0 Å². The van der Waals surface area contributed by atoms with Gasteiger partial charge in [-0.05, 0) is 56.0 Å². The Kier molecular flexibility index (Phi) is 6.34. The van der Waals surface area contributed by atoms with Crippen LogP contribution in [0.25, 0.3) is 0 Å². The van der Waals surface area contributed by atoms with Crippen LogP contribution in [0.2, 0.25) is 0 Å². The van der Waals surface area contributed by atoms with Crippen molar-refractivity contribution in [2.24, 2.45) is 5.92 Å². The Morgan fingerprint density at radius 2 is 1.83 bits per heavy atom. The Morgan fingerprint density at radius 3 is 2.54 bits per heavy atom. The first kappa shape index (κ1) is 23.2. The number of benzene rings is 2. The fraction of sp³-hybridized carbons (Fsp3) is 0.385. The van der Waals surface area contributed by atoms with E-state index in [9.17, 15) is 14.0 Å². The molecule has 1 saturated heterocycles. The molecule has 0 unspecified atom stereocenters. The zero-order chi connectivity index (χ0) is 24.5. The lowest BCUT2D eigenvalue weighted by atomic mass is 9.95. The maximum Gasteiger partial charge on any atom is 0.276 e. The molecule has 1 atom stereocenters. The highest BCUT2D eigenvalue weighted by Crippen LogP contribution is 2.28. The molecule has 3 aromatic rings. The van der Waals surface area contributed by atoms with E-state index in [4.69, 9.17) is 4.74 Å². The van der Waals surface area contributed by atoms with Gasteiger partial charge in [-0.25, -0.2) is 9.07 Å². The molecule has 0 bridgehead atoms. The largest absolute Gasteiger partial charge is 0.365 e. The molecule has 0 aliphatic carbocycles. The number of aromatic nitrogens is 3. The first-order valence-electron chi connectivity index (χ1n) is 11.9. The maximum atomic E-state index is 13.5. The minimum Gasteiger partial charge on any atom is -0.365 e. The third kappa shape index (κ3) is 4.81. The lowest BCUT2D eigenvalue weighted by Crippen LogP contribution is -2.42. The smallest absolute Gasteiger partial charge is 0.276 e. The standard InChI is InChI=1S/C26H28FN5O3/c1-16-3-5-18(6-4-16)23-14-32-22(15-35-23)24(29-30-32)26(34)31-11-9-19(10-12-31)25(33)28-20-7-8-21(27)17(2)13-20/h3-8,13,19,23H,9-12,14-15H2,1-2H3,(H,28,33)/t23-/m1/s1. The molecule has 2 aliphatic rings. The molecule has 9 heteroatoms. The van der Waals surface area contributed by atoms with Gasteiger partial charge in [-0.15, -0.1) is 5.10 Å². The molecule has 2 aliphatic heterocycles. The van der Waals surface area contributed by atoms with Gasteiger partial charge in [-0.3, -0.25) is 9.59 Å². The topological polar surface area (TPSA) is 89.4 Å². The van der Waals surface area contributed by atoms with Crippen molar-refractivity contribution >= 4 is 17.5 Å². The van der Waals surface area contributed by atoms with Crippen LogP contribution in [0.1, 0.15) is 51.8 Å². The fourth-order valence-electron chi connectivity index (χ4n) is 4.62. The third-order valence-corrected chi connectivity index (χ3v) is 6.83. The SMILES string of the molecule is Cc1ccc([C@H]2Cn3nnc(C(=O)N4CCC(C(=O)Nc5ccc(F)c(C)c5)CC4)c3CO2)cc1. The minimum atomic E-state index is -0.304. The number of hydrogen-bond acceptors (Lipinski definition) is 5. The number of nitrogens with zero attached hydrogens (tertiary/aromatic N) is 4. The van der Waals surface area contributed by atoms with Crippen LogP contribution in [0.3, 0.4) is 0 Å². The van der Waals surface area contributed by atoms with E-state index in [1.165, 1.54) is 11.6 Å². The zero-order valence-corrected chi connectivity index (χ0v) is 19.8. The van der Waals surface area contributed by atoms with Crippen LogP contribution in [0.15, 0.2) is 42.5 Å². The predicted octanol–water partition coefficient (Wildman–Crippen LogP) is 3.80. The van der Waals surface area contributed by atoms with Gasteiger partial charge >= 0.3 is 0 Å². The molecule has 5 rings (SSSR count). The number of ether oxygens (including phenoxy) is 1. The molecule has 1 aromatic heterocycles. The molecule has 0 radical (unpaired) electrons. The molecule has 0 spiro atoms. The number of hydrogen-bond donors (Lipinski definition) is 1. The molecule has 2 aromatic carbocycles. The molecule has 0 saturated carbocycles. The van der Waals surface area contributed by atoms with E-state index in [1.54, 1.807) is 28.6 Å². The normalized spacial score (nSPS) is 18.3. The van der Waals surface area contributed by atoms with Crippen molar-refractivity contribution in [2.75, 3.05) is 18.4 Å². The van der Waals surface area contributed by atoms with Crippen molar-refractivity contribution in [2.45, 2.75) is 45.9 Å². The summed E-state index contributed by atoms with van der Waals surface area (Å²) < 4.78 is 21.3. The molecule has 1 N–H and O–H groups in total. The van der Waals surface area contributed by atoms with Crippen LogP contribution in [-0.2, 0) is 22.7 Å². The van der Waals surface area contributed by atoms with Crippen molar-refractivity contribution < 1.29 is 18.7 Å². The number of fused-ring (bicyclic) bond motifs is 1. The summed E-state index contributed by atoms with van der Waals surface area (Å²) in [6.45, 7) is 5.39. The van der Waals surface area contributed by atoms with E-state index >= 15 is 0 Å². The van der Waals surface area contributed by atoms with Crippen molar-refractivity contribution in [3.8, 4) is 0 Å². The Labute approximate surface area is 203 Å². The zero-order valence-electron chi connectivity index (χ0n) is 19.8. The second-order valence-electron chi connectivity index (χ2n) is 9.30. The van der Waals surface area contributed by atoms with Gasteiger partial charge in [-0.2, -0.15) is 0 Å². The van der Waals surface area contributed by atoms with Gasteiger partial charge in [0.05, 0.1) is 18.8 Å². The molecular weight excluding hydrogens is 449 g/mol. The lowest BCUT2D eigenvalue weighted by molar-refractivity contribution is -0.121. The number of carbonyl (C=O) groups excluding carboxylic acids is 2. The van der Waals surface area contributed by atoms with Gasteiger partial charge in [0, 0.05) is 24.7 Å². The van der Waals surface area contributed by atoms with Crippen molar-refractivity contribution in [3.63, 3.8) is 0 Å². The number of piperidine rings is 1. The van der Waals surface area contributed by atoms with Crippen LogP contribution in [0, 0.1) is 25.6 Å². The van der Waals surface area contributed by atoms with Gasteiger partial charge in [0.1, 0.15) is 11.9 Å². The summed E-state index contributed by atoms with van der Waals surface area (Å²) in [5.74, 6) is -0.810. The summed E-state index contributed by atoms with van der Waals surface area (Å²) in [7, 11) is 0. The molecule has 1 fully saturated rings. The summed E-state index contributed by atoms with van der Waals surface area (Å²) in [6, 6.07) is 12.7. The summed E-state index contributed by atoms with van der Waals surface area (Å²) in [5.41, 5.74) is 4.31. The number of carbonyl (C=O) groups is 2. The van der Waals surface area contributed by atoms with Gasteiger partial charge < -0.3 is 15.0 Å². The maximum absolute atomic E-state index is 13.5. The number of likely N-dealkylation sites (tertiary alicyclic amines) is 1. The van der Waals surface area contributed by atoms with E-state index in [-0.39, 0.29) is 36.3 Å². The molecule has 8 nitrogen and oxygen atoms in total. The van der Waals surface area contributed by atoms with E-state index < -0.39 is 0 Å². The van der Waals surface area contributed by atoms with Crippen LogP contribution in [0.5, 0.6) is 0 Å². The quantitative estimate of drug-likeness (QED) is 0.618. The van der Waals surface area contributed by atoms with Crippen LogP contribution in [-0.4, -0.2) is 44.8 Å². The average Bonchev–Trinajstić information content (AvgIpc) is 3.29. The van der Waals surface area contributed by atoms with Crippen molar-refractivity contribution in [1.82, 2.24) is 19.9 Å². The van der Waals surface area contributed by atoms with Crippen molar-refractivity contribution in [3.05, 3.63) is 76.4 Å². The third-order valence-electron chi connectivity index (χ3n) is 6.83. The number of anilines is 1. The minimum absolute atomic E-state index is 0.111. The lowest BCUT2D eigenvalue weighted by Gasteiger charge is -2.31. The average molecular weight is 478 g/mol. The molecule has 182 valence electrons. The second-order valence-corrected chi connectivity index (χ2v) is 9.30. The number of aryl methyl sites for hydroxylation is 2.